The van der Waals surface area contributed by atoms with Gasteiger partial charge in [0.1, 0.15) is 0 Å². The van der Waals surface area contributed by atoms with Gasteiger partial charge in [0.15, 0.2) is 0 Å². The Morgan fingerprint density at radius 1 is 1.24 bits per heavy atom. The molecule has 0 spiro atoms. The standard InChI is InChI=1S/C19H19N3O2S/c23-18(22-11-4-7-16(22)14-5-2-1-3-6-14)9-8-17-20-21-19(24-17)15-10-12-25-13-15/h1-3,5-6,10,12-13,16H,4,7-9,11H2. The minimum Gasteiger partial charge on any atom is -0.421 e. The summed E-state index contributed by atoms with van der Waals surface area (Å²) in [7, 11) is 0. The van der Waals surface area contributed by atoms with Gasteiger partial charge in [-0.05, 0) is 29.9 Å². The second-order valence-electron chi connectivity index (χ2n) is 6.17. The van der Waals surface area contributed by atoms with E-state index in [9.17, 15) is 4.79 Å². The van der Waals surface area contributed by atoms with Crippen molar-refractivity contribution in [3.05, 3.63) is 58.6 Å². The zero-order chi connectivity index (χ0) is 17.1. The van der Waals surface area contributed by atoms with Gasteiger partial charge in [-0.1, -0.05) is 30.3 Å². The van der Waals surface area contributed by atoms with Gasteiger partial charge in [-0.25, -0.2) is 0 Å². The molecule has 1 amide bonds. The lowest BCUT2D eigenvalue weighted by molar-refractivity contribution is -0.132. The van der Waals surface area contributed by atoms with E-state index in [1.165, 1.54) is 5.56 Å². The van der Waals surface area contributed by atoms with Crippen LogP contribution in [0, 0.1) is 0 Å². The second kappa shape index (κ2) is 7.19. The molecule has 2 aromatic heterocycles. The zero-order valence-corrected chi connectivity index (χ0v) is 14.6. The molecule has 0 aliphatic carbocycles. The number of amides is 1. The smallest absolute Gasteiger partial charge is 0.248 e. The summed E-state index contributed by atoms with van der Waals surface area (Å²) in [5.41, 5.74) is 2.14. The first-order valence-corrected chi connectivity index (χ1v) is 9.45. The number of benzene rings is 1. The molecule has 3 aromatic rings. The Labute approximate surface area is 150 Å². The first-order chi connectivity index (χ1) is 12.3. The molecule has 6 heteroatoms. The minimum atomic E-state index is 0.154. The molecule has 1 aliphatic rings. The maximum atomic E-state index is 12.7. The highest BCUT2D eigenvalue weighted by molar-refractivity contribution is 7.08. The summed E-state index contributed by atoms with van der Waals surface area (Å²) in [5, 5.41) is 12.1. The van der Waals surface area contributed by atoms with Gasteiger partial charge in [-0.15, -0.1) is 10.2 Å². The number of nitrogens with zero attached hydrogens (tertiary/aromatic N) is 3. The van der Waals surface area contributed by atoms with Crippen molar-refractivity contribution >= 4 is 17.2 Å². The number of thiophene rings is 1. The molecule has 0 radical (unpaired) electrons. The number of carbonyl (C=O) groups excluding carboxylic acids is 1. The average molecular weight is 353 g/mol. The molecule has 1 unspecified atom stereocenters. The third-order valence-electron chi connectivity index (χ3n) is 4.55. The average Bonchev–Trinajstić information content (AvgIpc) is 3.41. The number of aryl methyl sites for hydroxylation is 1. The van der Waals surface area contributed by atoms with Crippen LogP contribution in [0.3, 0.4) is 0 Å². The molecule has 1 aliphatic heterocycles. The zero-order valence-electron chi connectivity index (χ0n) is 13.8. The third-order valence-corrected chi connectivity index (χ3v) is 5.23. The molecular weight excluding hydrogens is 334 g/mol. The van der Waals surface area contributed by atoms with Crippen molar-refractivity contribution in [2.45, 2.75) is 31.7 Å². The van der Waals surface area contributed by atoms with E-state index in [0.717, 1.165) is 24.9 Å². The maximum Gasteiger partial charge on any atom is 0.248 e. The van der Waals surface area contributed by atoms with E-state index in [2.05, 4.69) is 22.3 Å². The van der Waals surface area contributed by atoms with Crippen LogP contribution in [0.5, 0.6) is 0 Å². The van der Waals surface area contributed by atoms with Crippen LogP contribution in [-0.2, 0) is 11.2 Å². The van der Waals surface area contributed by atoms with Crippen molar-refractivity contribution in [2.24, 2.45) is 0 Å². The highest BCUT2D eigenvalue weighted by Crippen LogP contribution is 2.32. The largest absolute Gasteiger partial charge is 0.421 e. The SMILES string of the molecule is O=C(CCc1nnc(-c2ccsc2)o1)N1CCCC1c1ccccc1. The van der Waals surface area contributed by atoms with Crippen molar-refractivity contribution in [1.82, 2.24) is 15.1 Å². The Bertz CT molecular complexity index is 829. The number of rotatable bonds is 5. The Hall–Kier alpha value is -2.47. The van der Waals surface area contributed by atoms with Gasteiger partial charge >= 0.3 is 0 Å². The maximum absolute atomic E-state index is 12.7. The highest BCUT2D eigenvalue weighted by atomic mass is 32.1. The summed E-state index contributed by atoms with van der Waals surface area (Å²) in [6.07, 6.45) is 2.95. The van der Waals surface area contributed by atoms with E-state index in [-0.39, 0.29) is 11.9 Å². The van der Waals surface area contributed by atoms with Crippen molar-refractivity contribution in [1.29, 1.82) is 0 Å². The summed E-state index contributed by atoms with van der Waals surface area (Å²) in [6, 6.07) is 12.4. The van der Waals surface area contributed by atoms with Gasteiger partial charge in [-0.3, -0.25) is 4.79 Å². The van der Waals surface area contributed by atoms with Crippen LogP contribution in [0.4, 0.5) is 0 Å². The second-order valence-corrected chi connectivity index (χ2v) is 6.95. The summed E-state index contributed by atoms with van der Waals surface area (Å²) in [4.78, 5) is 14.7. The lowest BCUT2D eigenvalue weighted by Crippen LogP contribution is -2.30. The molecule has 1 atom stereocenters. The fourth-order valence-corrected chi connectivity index (χ4v) is 3.93. The summed E-state index contributed by atoms with van der Waals surface area (Å²) in [5.74, 6) is 1.19. The molecule has 5 nitrogen and oxygen atoms in total. The van der Waals surface area contributed by atoms with Crippen molar-refractivity contribution in [3.8, 4) is 11.5 Å². The van der Waals surface area contributed by atoms with E-state index in [4.69, 9.17) is 4.42 Å². The molecule has 1 fully saturated rings. The molecule has 128 valence electrons. The van der Waals surface area contributed by atoms with Crippen LogP contribution in [0.1, 0.15) is 36.8 Å². The number of hydrogen-bond acceptors (Lipinski definition) is 5. The minimum absolute atomic E-state index is 0.154. The third kappa shape index (κ3) is 3.49. The number of likely N-dealkylation sites (tertiary alicyclic amines) is 1. The van der Waals surface area contributed by atoms with Gasteiger partial charge in [0, 0.05) is 30.3 Å². The molecule has 0 bridgehead atoms. The number of hydrogen-bond donors (Lipinski definition) is 0. The van der Waals surface area contributed by atoms with Gasteiger partial charge in [0.2, 0.25) is 17.7 Å². The molecule has 4 rings (SSSR count). The quantitative estimate of drug-likeness (QED) is 0.693. The molecule has 1 saturated heterocycles. The first kappa shape index (κ1) is 16.0. The highest BCUT2D eigenvalue weighted by Gasteiger charge is 2.29. The van der Waals surface area contributed by atoms with Crippen LogP contribution in [0.2, 0.25) is 0 Å². The predicted molar refractivity (Wildman–Crippen MR) is 96.1 cm³/mol. The van der Waals surface area contributed by atoms with Crippen LogP contribution in [-0.4, -0.2) is 27.5 Å². The molecule has 0 saturated carbocycles. The molecule has 0 N–H and O–H groups in total. The fraction of sp³-hybridized carbons (Fsp3) is 0.316. The lowest BCUT2D eigenvalue weighted by Gasteiger charge is -2.25. The van der Waals surface area contributed by atoms with Crippen molar-refractivity contribution < 1.29 is 9.21 Å². The normalized spacial score (nSPS) is 17.1. The van der Waals surface area contributed by atoms with E-state index in [0.29, 0.717) is 24.6 Å². The Morgan fingerprint density at radius 3 is 2.92 bits per heavy atom. The van der Waals surface area contributed by atoms with Crippen molar-refractivity contribution in [2.75, 3.05) is 6.54 Å². The molecule has 25 heavy (non-hydrogen) atoms. The summed E-state index contributed by atoms with van der Waals surface area (Å²) >= 11 is 1.59. The fourth-order valence-electron chi connectivity index (χ4n) is 3.30. The monoisotopic (exact) mass is 353 g/mol. The van der Waals surface area contributed by atoms with Crippen molar-refractivity contribution in [3.63, 3.8) is 0 Å². The van der Waals surface area contributed by atoms with E-state index in [1.54, 1.807) is 11.3 Å². The van der Waals surface area contributed by atoms with Crippen LogP contribution >= 0.6 is 11.3 Å². The predicted octanol–water partition coefficient (Wildman–Crippen LogP) is 4.09. The van der Waals surface area contributed by atoms with Crippen LogP contribution in [0.25, 0.3) is 11.5 Å². The summed E-state index contributed by atoms with van der Waals surface area (Å²) < 4.78 is 5.67. The van der Waals surface area contributed by atoms with E-state index >= 15 is 0 Å². The van der Waals surface area contributed by atoms with Crippen LogP contribution < -0.4 is 0 Å². The van der Waals surface area contributed by atoms with Crippen LogP contribution in [0.15, 0.2) is 51.6 Å². The number of aromatic nitrogens is 2. The van der Waals surface area contributed by atoms with Gasteiger partial charge < -0.3 is 9.32 Å². The summed E-state index contributed by atoms with van der Waals surface area (Å²) in [6.45, 7) is 0.822. The van der Waals surface area contributed by atoms with Gasteiger partial charge in [0.05, 0.1) is 6.04 Å². The van der Waals surface area contributed by atoms with Gasteiger partial charge in [0.25, 0.3) is 0 Å². The molecular formula is C19H19N3O2S. The van der Waals surface area contributed by atoms with E-state index in [1.807, 2.05) is 39.9 Å². The Morgan fingerprint density at radius 2 is 2.12 bits per heavy atom. The lowest BCUT2D eigenvalue weighted by atomic mass is 10.0. The molecule has 3 heterocycles. The van der Waals surface area contributed by atoms with Gasteiger partial charge in [-0.2, -0.15) is 11.3 Å². The molecule has 1 aromatic carbocycles. The Kier molecular flexibility index (Phi) is 4.61. The topological polar surface area (TPSA) is 59.2 Å². The number of carbonyl (C=O) groups is 1. The van der Waals surface area contributed by atoms with E-state index < -0.39 is 0 Å². The first-order valence-electron chi connectivity index (χ1n) is 8.50. The Balaban J connectivity index is 1.39.